The zero-order chi connectivity index (χ0) is 11.4. The van der Waals surface area contributed by atoms with Crippen LogP contribution in [0.4, 0.5) is 0 Å². The van der Waals surface area contributed by atoms with Crippen LogP contribution in [0.3, 0.4) is 0 Å². The van der Waals surface area contributed by atoms with Crippen molar-refractivity contribution in [3.8, 4) is 0 Å². The van der Waals surface area contributed by atoms with Crippen LogP contribution in [0, 0.1) is 10.8 Å². The summed E-state index contributed by atoms with van der Waals surface area (Å²) in [7, 11) is 0. The average molecular weight is 300 g/mol. The van der Waals surface area contributed by atoms with E-state index in [4.69, 9.17) is 4.74 Å². The van der Waals surface area contributed by atoms with Gasteiger partial charge < -0.3 is 24.5 Å². The molecule has 0 aromatic rings. The van der Waals surface area contributed by atoms with Gasteiger partial charge in [-0.3, -0.25) is 0 Å². The van der Waals surface area contributed by atoms with E-state index in [1.807, 2.05) is 0 Å². The molecule has 0 N–H and O–H groups in total. The zero-order valence-electron chi connectivity index (χ0n) is 9.32. The van der Waals surface area contributed by atoms with Gasteiger partial charge in [0.25, 0.3) is 0 Å². The summed E-state index contributed by atoms with van der Waals surface area (Å²) in [4.78, 5) is 22.3. The molecular formula is C10H12O5Sr. The Hall–Kier alpha value is 0.381. The van der Waals surface area contributed by atoms with E-state index in [0.717, 1.165) is 0 Å². The molecule has 6 heteroatoms. The van der Waals surface area contributed by atoms with E-state index in [-0.39, 0.29) is 45.5 Å². The van der Waals surface area contributed by atoms with E-state index < -0.39 is 35.0 Å². The summed E-state index contributed by atoms with van der Waals surface area (Å²) in [6.07, 6.45) is -0.0125. The quantitative estimate of drug-likeness (QED) is 0.534. The van der Waals surface area contributed by atoms with E-state index in [0.29, 0.717) is 12.8 Å². The fraction of sp³-hybridized carbons (Fsp3) is 0.800. The molecule has 0 aliphatic carbocycles. The summed E-state index contributed by atoms with van der Waals surface area (Å²) >= 11 is 0. The molecule has 4 atom stereocenters. The zero-order valence-corrected chi connectivity index (χ0v) is 12.8. The van der Waals surface area contributed by atoms with Crippen molar-refractivity contribution in [2.24, 2.45) is 10.8 Å². The second-order valence-corrected chi connectivity index (χ2v) is 4.67. The molecule has 0 amide bonds. The summed E-state index contributed by atoms with van der Waals surface area (Å²) in [5, 5.41) is 22.3. The van der Waals surface area contributed by atoms with Gasteiger partial charge in [0, 0.05) is 10.8 Å². The largest absolute Gasteiger partial charge is 2.00 e. The molecule has 2 fully saturated rings. The van der Waals surface area contributed by atoms with Crippen LogP contribution in [0.25, 0.3) is 0 Å². The molecule has 2 aliphatic rings. The molecule has 2 bridgehead atoms. The molecule has 2 rings (SSSR count). The smallest absolute Gasteiger partial charge is 0.549 e. The number of ether oxygens (including phenoxy) is 1. The Morgan fingerprint density at radius 1 is 1.06 bits per heavy atom. The molecule has 2 saturated heterocycles. The summed E-state index contributed by atoms with van der Waals surface area (Å²) in [6, 6.07) is 0. The summed E-state index contributed by atoms with van der Waals surface area (Å²) in [5.41, 5.74) is -2.98. The van der Waals surface area contributed by atoms with Crippen molar-refractivity contribution in [1.29, 1.82) is 0 Å². The molecule has 2 aliphatic heterocycles. The van der Waals surface area contributed by atoms with Crippen molar-refractivity contribution < 1.29 is 24.5 Å². The van der Waals surface area contributed by atoms with Crippen molar-refractivity contribution in [3.63, 3.8) is 0 Å². The van der Waals surface area contributed by atoms with Gasteiger partial charge in [-0.05, 0) is 12.8 Å². The number of carboxylic acids is 2. The SMILES string of the molecule is C[C@]1(C(=O)[O-])[C@@H]2CC[C@@H](O2)[C@@]1(C)C(=O)[O-].[Sr+2]. The number of fused-ring (bicyclic) bond motifs is 2. The van der Waals surface area contributed by atoms with E-state index in [1.165, 1.54) is 13.8 Å². The van der Waals surface area contributed by atoms with Gasteiger partial charge in [0.1, 0.15) is 0 Å². The fourth-order valence-corrected chi connectivity index (χ4v) is 2.84. The first-order valence-electron chi connectivity index (χ1n) is 4.93. The molecule has 5 nitrogen and oxygen atoms in total. The number of carbonyl (C=O) groups excluding carboxylic acids is 2. The molecule has 0 aromatic heterocycles. The van der Waals surface area contributed by atoms with Gasteiger partial charge in [0.05, 0.1) is 24.1 Å². The number of carboxylic acid groups (broad SMARTS) is 2. The van der Waals surface area contributed by atoms with Gasteiger partial charge in [-0.1, -0.05) is 13.8 Å². The average Bonchev–Trinajstić information content (AvgIpc) is 2.69. The monoisotopic (exact) mass is 300 g/mol. The number of aliphatic carboxylic acids is 2. The van der Waals surface area contributed by atoms with Crippen LogP contribution in [-0.4, -0.2) is 69.6 Å². The molecular weight excluding hydrogens is 288 g/mol. The minimum absolute atomic E-state index is 0. The van der Waals surface area contributed by atoms with E-state index in [1.54, 1.807) is 0 Å². The molecule has 0 unspecified atom stereocenters. The third kappa shape index (κ3) is 1.43. The van der Waals surface area contributed by atoms with Gasteiger partial charge >= 0.3 is 45.5 Å². The molecule has 16 heavy (non-hydrogen) atoms. The van der Waals surface area contributed by atoms with Crippen LogP contribution in [0.2, 0.25) is 0 Å². The molecule has 2 heterocycles. The Labute approximate surface area is 130 Å². The van der Waals surface area contributed by atoms with Gasteiger partial charge in [-0.25, -0.2) is 0 Å². The minimum Gasteiger partial charge on any atom is -0.549 e. The van der Waals surface area contributed by atoms with Crippen LogP contribution in [0.1, 0.15) is 26.7 Å². The van der Waals surface area contributed by atoms with Crippen LogP contribution in [-0.2, 0) is 14.3 Å². The van der Waals surface area contributed by atoms with E-state index >= 15 is 0 Å². The third-order valence-electron chi connectivity index (χ3n) is 4.23. The van der Waals surface area contributed by atoms with Crippen molar-refractivity contribution in [2.75, 3.05) is 0 Å². The predicted octanol–water partition coefficient (Wildman–Crippen LogP) is -2.32. The Balaban J connectivity index is 0.00000128. The van der Waals surface area contributed by atoms with Crippen LogP contribution in [0.5, 0.6) is 0 Å². The van der Waals surface area contributed by atoms with Crippen molar-refractivity contribution in [3.05, 3.63) is 0 Å². The Bertz CT molecular complexity index is 312. The Kier molecular flexibility index (Phi) is 3.83. The van der Waals surface area contributed by atoms with E-state index in [9.17, 15) is 19.8 Å². The second kappa shape index (κ2) is 4.24. The van der Waals surface area contributed by atoms with Gasteiger partial charge in [0.2, 0.25) is 0 Å². The maximum Gasteiger partial charge on any atom is 2.00 e. The third-order valence-corrected chi connectivity index (χ3v) is 4.23. The number of hydrogen-bond donors (Lipinski definition) is 0. The van der Waals surface area contributed by atoms with E-state index in [2.05, 4.69) is 0 Å². The fourth-order valence-electron chi connectivity index (χ4n) is 2.84. The first-order chi connectivity index (χ1) is 6.85. The summed E-state index contributed by atoms with van der Waals surface area (Å²) < 4.78 is 5.38. The number of rotatable bonds is 2. The van der Waals surface area contributed by atoms with Crippen LogP contribution in [0.15, 0.2) is 0 Å². The van der Waals surface area contributed by atoms with Gasteiger partial charge in [-0.15, -0.1) is 0 Å². The Morgan fingerprint density at radius 3 is 1.62 bits per heavy atom. The molecule has 0 aromatic carbocycles. The number of carbonyl (C=O) groups is 2. The maximum absolute atomic E-state index is 11.2. The van der Waals surface area contributed by atoms with Crippen molar-refractivity contribution in [1.82, 2.24) is 0 Å². The normalized spacial score (nSPS) is 45.1. The van der Waals surface area contributed by atoms with Gasteiger partial charge in [0.15, 0.2) is 0 Å². The van der Waals surface area contributed by atoms with Gasteiger partial charge in [-0.2, -0.15) is 0 Å². The second-order valence-electron chi connectivity index (χ2n) is 4.67. The molecule has 0 saturated carbocycles. The van der Waals surface area contributed by atoms with Crippen LogP contribution < -0.4 is 10.2 Å². The van der Waals surface area contributed by atoms with Crippen molar-refractivity contribution in [2.45, 2.75) is 38.9 Å². The molecule has 0 radical (unpaired) electrons. The molecule has 84 valence electrons. The van der Waals surface area contributed by atoms with Crippen molar-refractivity contribution >= 4 is 57.4 Å². The summed E-state index contributed by atoms with van der Waals surface area (Å²) in [5.74, 6) is -2.75. The first-order valence-corrected chi connectivity index (χ1v) is 4.93. The standard InChI is InChI=1S/C10H14O5.Sr/c1-9(7(11)12)5-3-4-6(15-5)10(9,2)8(13)14;/h5-6H,3-4H2,1-2H3,(H,11,12)(H,13,14);/q;+2/p-2/t5-,6+,9+,10-;. The molecule has 0 spiro atoms. The topological polar surface area (TPSA) is 89.5 Å². The summed E-state index contributed by atoms with van der Waals surface area (Å²) in [6.45, 7) is 2.75. The number of hydrogen-bond acceptors (Lipinski definition) is 5. The first kappa shape index (κ1) is 14.4. The predicted molar refractivity (Wildman–Crippen MR) is 49.9 cm³/mol. The minimum atomic E-state index is -1.49. The Morgan fingerprint density at radius 2 is 1.38 bits per heavy atom. The maximum atomic E-state index is 11.2. The van der Waals surface area contributed by atoms with Crippen LogP contribution >= 0.6 is 0 Å².